The summed E-state index contributed by atoms with van der Waals surface area (Å²) in [7, 11) is 4.26. The molecule has 2 rings (SSSR count). The van der Waals surface area contributed by atoms with Crippen molar-refractivity contribution >= 4 is 5.91 Å². The first kappa shape index (κ1) is 14.8. The maximum Gasteiger partial charge on any atom is 0.239 e. The highest BCUT2D eigenvalue weighted by Gasteiger charge is 2.30. The molecule has 0 radical (unpaired) electrons. The zero-order valence-corrected chi connectivity index (χ0v) is 12.6. The zero-order valence-electron chi connectivity index (χ0n) is 12.6. The van der Waals surface area contributed by atoms with Crippen molar-refractivity contribution in [3.05, 3.63) is 0 Å². The molecule has 5 heteroatoms. The summed E-state index contributed by atoms with van der Waals surface area (Å²) in [6.07, 6.45) is 2.21. The summed E-state index contributed by atoms with van der Waals surface area (Å²) in [5.41, 5.74) is 0. The average Bonchev–Trinajstić information content (AvgIpc) is 2.46. The van der Waals surface area contributed by atoms with Crippen molar-refractivity contribution < 1.29 is 4.79 Å². The number of likely N-dealkylation sites (tertiary alicyclic amines) is 1. The molecule has 1 N–H and O–H groups in total. The van der Waals surface area contributed by atoms with Gasteiger partial charge in [0, 0.05) is 45.3 Å². The van der Waals surface area contributed by atoms with E-state index in [0.717, 1.165) is 52.1 Å². The normalized spacial score (nSPS) is 24.7. The molecule has 2 heterocycles. The number of amides is 1. The Kier molecular flexibility index (Phi) is 5.19. The molecule has 2 aliphatic rings. The molecule has 2 aliphatic heterocycles. The second kappa shape index (κ2) is 6.68. The summed E-state index contributed by atoms with van der Waals surface area (Å²) < 4.78 is 0. The summed E-state index contributed by atoms with van der Waals surface area (Å²) >= 11 is 0. The number of hydrogen-bond acceptors (Lipinski definition) is 4. The number of rotatable bonds is 3. The van der Waals surface area contributed by atoms with Crippen LogP contribution in [0.4, 0.5) is 0 Å². The minimum Gasteiger partial charge on any atom is -0.341 e. The lowest BCUT2D eigenvalue weighted by atomic mass is 10.0. The van der Waals surface area contributed by atoms with Gasteiger partial charge in [0.2, 0.25) is 5.91 Å². The molecule has 0 aromatic heterocycles. The Balaban J connectivity index is 1.83. The van der Waals surface area contributed by atoms with E-state index in [1.807, 2.05) is 0 Å². The topological polar surface area (TPSA) is 38.8 Å². The Bertz CT molecular complexity index is 294. The molecular formula is C14H28N4O. The van der Waals surface area contributed by atoms with Crippen LogP contribution in [-0.4, -0.2) is 86.1 Å². The number of nitrogens with zero attached hydrogens (tertiary/aromatic N) is 3. The molecule has 0 bridgehead atoms. The number of carbonyl (C=O) groups is 1. The van der Waals surface area contributed by atoms with Gasteiger partial charge in [0.1, 0.15) is 0 Å². The fourth-order valence-corrected chi connectivity index (χ4v) is 3.09. The molecule has 0 aromatic carbocycles. The minimum absolute atomic E-state index is 0.0398. The van der Waals surface area contributed by atoms with Crippen LogP contribution in [0.25, 0.3) is 0 Å². The maximum atomic E-state index is 12.5. The summed E-state index contributed by atoms with van der Waals surface area (Å²) in [6, 6.07) is 0.677. The lowest BCUT2D eigenvalue weighted by Gasteiger charge is -2.39. The van der Waals surface area contributed by atoms with E-state index in [1.165, 1.54) is 0 Å². The van der Waals surface area contributed by atoms with Gasteiger partial charge in [-0.2, -0.15) is 0 Å². The number of nitrogens with one attached hydrogen (secondary N) is 1. The van der Waals surface area contributed by atoms with Gasteiger partial charge < -0.3 is 15.1 Å². The van der Waals surface area contributed by atoms with Gasteiger partial charge in [-0.05, 0) is 33.9 Å². The highest BCUT2D eigenvalue weighted by Crippen LogP contribution is 2.16. The molecule has 0 saturated carbocycles. The Morgan fingerprint density at radius 2 is 1.74 bits per heavy atom. The SMILES string of the molecule is CC(C(=O)N1CCC(N(C)C)CC1)N1CCNCC1. The summed E-state index contributed by atoms with van der Waals surface area (Å²) in [5, 5.41) is 3.33. The largest absolute Gasteiger partial charge is 0.341 e. The van der Waals surface area contributed by atoms with E-state index >= 15 is 0 Å². The predicted molar refractivity (Wildman–Crippen MR) is 77.2 cm³/mol. The van der Waals surface area contributed by atoms with Crippen molar-refractivity contribution in [2.75, 3.05) is 53.4 Å². The van der Waals surface area contributed by atoms with Crippen LogP contribution in [-0.2, 0) is 4.79 Å². The average molecular weight is 268 g/mol. The molecule has 1 atom stereocenters. The van der Waals surface area contributed by atoms with Gasteiger partial charge in [0.15, 0.2) is 0 Å². The van der Waals surface area contributed by atoms with Crippen LogP contribution in [0.3, 0.4) is 0 Å². The van der Waals surface area contributed by atoms with Crippen LogP contribution in [0.15, 0.2) is 0 Å². The molecule has 1 amide bonds. The number of piperidine rings is 1. The van der Waals surface area contributed by atoms with E-state index < -0.39 is 0 Å². The second-order valence-corrected chi connectivity index (χ2v) is 5.98. The van der Waals surface area contributed by atoms with Gasteiger partial charge in [-0.3, -0.25) is 9.69 Å². The van der Waals surface area contributed by atoms with Gasteiger partial charge in [-0.25, -0.2) is 0 Å². The van der Waals surface area contributed by atoms with Crippen LogP contribution in [0.2, 0.25) is 0 Å². The molecule has 2 saturated heterocycles. The molecular weight excluding hydrogens is 240 g/mol. The van der Waals surface area contributed by atoms with Gasteiger partial charge in [0.25, 0.3) is 0 Å². The second-order valence-electron chi connectivity index (χ2n) is 5.98. The third-order valence-electron chi connectivity index (χ3n) is 4.56. The van der Waals surface area contributed by atoms with Gasteiger partial charge in [0.05, 0.1) is 6.04 Å². The van der Waals surface area contributed by atoms with Crippen LogP contribution in [0.1, 0.15) is 19.8 Å². The first-order valence-electron chi connectivity index (χ1n) is 7.49. The van der Waals surface area contributed by atoms with Crippen LogP contribution in [0, 0.1) is 0 Å². The van der Waals surface area contributed by atoms with E-state index in [2.05, 4.69) is 41.0 Å². The highest BCUT2D eigenvalue weighted by molar-refractivity contribution is 5.81. The van der Waals surface area contributed by atoms with Gasteiger partial charge in [-0.15, -0.1) is 0 Å². The molecule has 0 aliphatic carbocycles. The third kappa shape index (κ3) is 3.68. The molecule has 1 unspecified atom stereocenters. The fourth-order valence-electron chi connectivity index (χ4n) is 3.09. The Morgan fingerprint density at radius 1 is 1.16 bits per heavy atom. The quantitative estimate of drug-likeness (QED) is 0.771. The monoisotopic (exact) mass is 268 g/mol. The third-order valence-corrected chi connectivity index (χ3v) is 4.56. The summed E-state index contributed by atoms with van der Waals surface area (Å²) in [4.78, 5) is 19.2. The van der Waals surface area contributed by atoms with Crippen molar-refractivity contribution in [2.24, 2.45) is 0 Å². The Morgan fingerprint density at radius 3 is 2.26 bits per heavy atom. The van der Waals surface area contributed by atoms with E-state index in [4.69, 9.17) is 0 Å². The number of piperazine rings is 1. The van der Waals surface area contributed by atoms with Crippen LogP contribution >= 0.6 is 0 Å². The maximum absolute atomic E-state index is 12.5. The van der Waals surface area contributed by atoms with Crippen molar-refractivity contribution in [2.45, 2.75) is 31.8 Å². The lowest BCUT2D eigenvalue weighted by molar-refractivity contribution is -0.138. The van der Waals surface area contributed by atoms with Gasteiger partial charge >= 0.3 is 0 Å². The summed E-state index contributed by atoms with van der Waals surface area (Å²) in [5.74, 6) is 0.319. The fraction of sp³-hybridized carbons (Fsp3) is 0.929. The molecule has 0 aromatic rings. The van der Waals surface area contributed by atoms with E-state index in [9.17, 15) is 4.79 Å². The van der Waals surface area contributed by atoms with E-state index in [1.54, 1.807) is 0 Å². The van der Waals surface area contributed by atoms with Crippen molar-refractivity contribution in [1.82, 2.24) is 20.0 Å². The first-order chi connectivity index (χ1) is 9.09. The van der Waals surface area contributed by atoms with Crippen LogP contribution in [0.5, 0.6) is 0 Å². The zero-order chi connectivity index (χ0) is 13.8. The highest BCUT2D eigenvalue weighted by atomic mass is 16.2. The van der Waals surface area contributed by atoms with E-state index in [0.29, 0.717) is 11.9 Å². The van der Waals surface area contributed by atoms with E-state index in [-0.39, 0.29) is 6.04 Å². The van der Waals surface area contributed by atoms with Crippen molar-refractivity contribution in [1.29, 1.82) is 0 Å². The molecule has 5 nitrogen and oxygen atoms in total. The number of hydrogen-bond donors (Lipinski definition) is 1. The summed E-state index contributed by atoms with van der Waals surface area (Å²) in [6.45, 7) is 7.87. The van der Waals surface area contributed by atoms with Gasteiger partial charge in [-0.1, -0.05) is 0 Å². The molecule has 110 valence electrons. The molecule has 2 fully saturated rings. The molecule has 0 spiro atoms. The first-order valence-corrected chi connectivity index (χ1v) is 7.49. The smallest absolute Gasteiger partial charge is 0.239 e. The predicted octanol–water partition coefficient (Wildman–Crippen LogP) is -0.167. The Labute approximate surface area is 116 Å². The van der Waals surface area contributed by atoms with Crippen LogP contribution < -0.4 is 5.32 Å². The van der Waals surface area contributed by atoms with Crippen molar-refractivity contribution in [3.8, 4) is 0 Å². The molecule has 19 heavy (non-hydrogen) atoms. The minimum atomic E-state index is 0.0398. The van der Waals surface area contributed by atoms with Crippen molar-refractivity contribution in [3.63, 3.8) is 0 Å². The standard InChI is InChI=1S/C14H28N4O/c1-12(17-10-6-15-7-11-17)14(19)18-8-4-13(5-9-18)16(2)3/h12-13,15H,4-11H2,1-3H3. The number of carbonyl (C=O) groups excluding carboxylic acids is 1. The Hall–Kier alpha value is -0.650. The lowest BCUT2D eigenvalue weighted by Crippen LogP contribution is -2.55.